The van der Waals surface area contributed by atoms with Crippen LogP contribution in [-0.2, 0) is 11.2 Å². The predicted molar refractivity (Wildman–Crippen MR) is 123 cm³/mol. The number of benzene rings is 3. The molecule has 4 aromatic rings. The van der Waals surface area contributed by atoms with Crippen LogP contribution < -0.4 is 5.32 Å². The van der Waals surface area contributed by atoms with E-state index >= 15 is 0 Å². The Bertz CT molecular complexity index is 1140. The molecular weight excluding hydrogens is 430 g/mol. The SMILES string of the molecule is O=C(CSc1nnc(-c2ccccc2Cl)o1)NC(Cc1ccccc1)c1ccccc1. The molecule has 0 fully saturated rings. The van der Waals surface area contributed by atoms with Crippen molar-refractivity contribution in [3.63, 3.8) is 0 Å². The first-order chi connectivity index (χ1) is 15.2. The fourth-order valence-corrected chi connectivity index (χ4v) is 3.95. The number of hydrogen-bond acceptors (Lipinski definition) is 5. The molecule has 1 atom stereocenters. The number of rotatable bonds is 8. The van der Waals surface area contributed by atoms with Crippen molar-refractivity contribution in [1.29, 1.82) is 0 Å². The van der Waals surface area contributed by atoms with Gasteiger partial charge >= 0.3 is 0 Å². The van der Waals surface area contributed by atoms with E-state index in [-0.39, 0.29) is 17.7 Å². The van der Waals surface area contributed by atoms with E-state index in [1.54, 1.807) is 6.07 Å². The third-order valence-corrected chi connectivity index (χ3v) is 5.81. The number of aromatic nitrogens is 2. The van der Waals surface area contributed by atoms with E-state index in [1.165, 1.54) is 11.8 Å². The summed E-state index contributed by atoms with van der Waals surface area (Å²) in [6.07, 6.45) is 0.707. The molecule has 0 bridgehead atoms. The number of halogens is 1. The Morgan fingerprint density at radius 2 is 1.61 bits per heavy atom. The van der Waals surface area contributed by atoms with Gasteiger partial charge in [0.2, 0.25) is 11.8 Å². The maximum Gasteiger partial charge on any atom is 0.277 e. The number of nitrogens with zero attached hydrogens (tertiary/aromatic N) is 2. The number of carbonyl (C=O) groups excluding carboxylic acids is 1. The van der Waals surface area contributed by atoms with Crippen LogP contribution >= 0.6 is 23.4 Å². The minimum absolute atomic E-state index is 0.104. The van der Waals surface area contributed by atoms with Crippen LogP contribution in [0.5, 0.6) is 0 Å². The van der Waals surface area contributed by atoms with Crippen molar-refractivity contribution in [2.24, 2.45) is 0 Å². The minimum Gasteiger partial charge on any atom is -0.411 e. The molecule has 0 saturated carbocycles. The van der Waals surface area contributed by atoms with Crippen molar-refractivity contribution in [3.05, 3.63) is 101 Å². The van der Waals surface area contributed by atoms with Gasteiger partial charge in [0, 0.05) is 0 Å². The summed E-state index contributed by atoms with van der Waals surface area (Å²) in [5.74, 6) is 0.398. The highest BCUT2D eigenvalue weighted by atomic mass is 35.5. The van der Waals surface area contributed by atoms with Crippen molar-refractivity contribution < 1.29 is 9.21 Å². The van der Waals surface area contributed by atoms with Gasteiger partial charge in [-0.3, -0.25) is 4.79 Å². The molecule has 1 amide bonds. The summed E-state index contributed by atoms with van der Waals surface area (Å²) in [5, 5.41) is 12.0. The molecule has 4 rings (SSSR count). The van der Waals surface area contributed by atoms with Crippen molar-refractivity contribution in [2.45, 2.75) is 17.7 Å². The van der Waals surface area contributed by atoms with E-state index in [9.17, 15) is 4.79 Å². The Labute approximate surface area is 189 Å². The van der Waals surface area contributed by atoms with Crippen LogP contribution in [0, 0.1) is 0 Å². The highest BCUT2D eigenvalue weighted by Crippen LogP contribution is 2.28. The van der Waals surface area contributed by atoms with Gasteiger partial charge in [-0.25, -0.2) is 0 Å². The van der Waals surface area contributed by atoms with Crippen LogP contribution in [0.1, 0.15) is 17.2 Å². The van der Waals surface area contributed by atoms with Gasteiger partial charge in [0.15, 0.2) is 0 Å². The topological polar surface area (TPSA) is 68.0 Å². The highest BCUT2D eigenvalue weighted by Gasteiger charge is 2.17. The number of carbonyl (C=O) groups is 1. The van der Waals surface area contributed by atoms with E-state index in [1.807, 2.05) is 66.7 Å². The Hall–Kier alpha value is -3.09. The summed E-state index contributed by atoms with van der Waals surface area (Å²) in [6, 6.07) is 27.2. The predicted octanol–water partition coefficient (Wildman–Crippen LogP) is 5.58. The molecule has 1 aromatic heterocycles. The average molecular weight is 450 g/mol. The van der Waals surface area contributed by atoms with Gasteiger partial charge in [-0.05, 0) is 29.7 Å². The molecule has 5 nitrogen and oxygen atoms in total. The molecule has 0 aliphatic heterocycles. The lowest BCUT2D eigenvalue weighted by Crippen LogP contribution is -2.31. The summed E-state index contributed by atoms with van der Waals surface area (Å²) in [5.41, 5.74) is 2.88. The maximum absolute atomic E-state index is 12.7. The van der Waals surface area contributed by atoms with Crippen LogP contribution in [0.3, 0.4) is 0 Å². The second-order valence-electron chi connectivity index (χ2n) is 6.86. The molecule has 1 unspecified atom stereocenters. The lowest BCUT2D eigenvalue weighted by atomic mass is 9.99. The summed E-state index contributed by atoms with van der Waals surface area (Å²) in [7, 11) is 0. The third kappa shape index (κ3) is 5.75. The van der Waals surface area contributed by atoms with E-state index in [4.69, 9.17) is 16.0 Å². The lowest BCUT2D eigenvalue weighted by Gasteiger charge is -2.19. The van der Waals surface area contributed by atoms with Gasteiger partial charge in [-0.2, -0.15) is 0 Å². The standard InChI is InChI=1S/C24H20ClN3O2S/c25-20-14-8-7-13-19(20)23-27-28-24(30-23)31-16-22(29)26-21(18-11-5-2-6-12-18)15-17-9-3-1-4-10-17/h1-14,21H,15-16H2,(H,26,29). The monoisotopic (exact) mass is 449 g/mol. The largest absolute Gasteiger partial charge is 0.411 e. The molecule has 0 spiro atoms. The molecule has 7 heteroatoms. The van der Waals surface area contributed by atoms with E-state index in [0.717, 1.165) is 11.1 Å². The number of hydrogen-bond donors (Lipinski definition) is 1. The zero-order valence-electron chi connectivity index (χ0n) is 16.6. The molecule has 0 aliphatic carbocycles. The van der Waals surface area contributed by atoms with Crippen LogP contribution in [0.2, 0.25) is 5.02 Å². The molecule has 0 aliphatic rings. The first-order valence-corrected chi connectivity index (χ1v) is 11.1. The van der Waals surface area contributed by atoms with Crippen LogP contribution in [-0.4, -0.2) is 21.9 Å². The van der Waals surface area contributed by atoms with Crippen molar-refractivity contribution >= 4 is 29.3 Å². The number of thioether (sulfide) groups is 1. The third-order valence-electron chi connectivity index (χ3n) is 4.66. The highest BCUT2D eigenvalue weighted by molar-refractivity contribution is 7.99. The van der Waals surface area contributed by atoms with E-state index < -0.39 is 0 Å². The van der Waals surface area contributed by atoms with Crippen LogP contribution in [0.15, 0.2) is 94.6 Å². The number of amides is 1. The first kappa shape index (κ1) is 21.2. The Morgan fingerprint density at radius 1 is 0.935 bits per heavy atom. The van der Waals surface area contributed by atoms with Gasteiger partial charge in [-0.15, -0.1) is 10.2 Å². The quantitative estimate of drug-likeness (QED) is 0.355. The van der Waals surface area contributed by atoms with Gasteiger partial charge < -0.3 is 9.73 Å². The van der Waals surface area contributed by atoms with Crippen LogP contribution in [0.25, 0.3) is 11.5 Å². The van der Waals surface area contributed by atoms with Gasteiger partial charge in [-0.1, -0.05) is 96.2 Å². The summed E-state index contributed by atoms with van der Waals surface area (Å²) in [4.78, 5) is 12.7. The zero-order valence-corrected chi connectivity index (χ0v) is 18.1. The summed E-state index contributed by atoms with van der Waals surface area (Å²) < 4.78 is 5.66. The van der Waals surface area contributed by atoms with Crippen molar-refractivity contribution in [2.75, 3.05) is 5.75 Å². The molecule has 0 saturated heterocycles. The lowest BCUT2D eigenvalue weighted by molar-refractivity contribution is -0.119. The first-order valence-electron chi connectivity index (χ1n) is 9.78. The molecule has 3 aromatic carbocycles. The molecule has 31 heavy (non-hydrogen) atoms. The van der Waals surface area contributed by atoms with Crippen LogP contribution in [0.4, 0.5) is 0 Å². The molecular formula is C24H20ClN3O2S. The van der Waals surface area contributed by atoms with E-state index in [0.29, 0.717) is 28.1 Å². The van der Waals surface area contributed by atoms with Gasteiger partial charge in [0.25, 0.3) is 5.22 Å². The second-order valence-corrected chi connectivity index (χ2v) is 8.20. The maximum atomic E-state index is 12.7. The Balaban J connectivity index is 1.40. The van der Waals surface area contributed by atoms with Gasteiger partial charge in [0.05, 0.1) is 22.4 Å². The fourth-order valence-electron chi connectivity index (χ4n) is 3.16. The normalized spacial score (nSPS) is 11.8. The van der Waals surface area contributed by atoms with Crippen molar-refractivity contribution in [1.82, 2.24) is 15.5 Å². The molecule has 1 N–H and O–H groups in total. The zero-order chi connectivity index (χ0) is 21.5. The summed E-state index contributed by atoms with van der Waals surface area (Å²) >= 11 is 7.38. The smallest absolute Gasteiger partial charge is 0.277 e. The molecule has 1 heterocycles. The fraction of sp³-hybridized carbons (Fsp3) is 0.125. The Morgan fingerprint density at radius 3 is 2.35 bits per heavy atom. The average Bonchev–Trinajstić information content (AvgIpc) is 3.28. The minimum atomic E-state index is -0.127. The van der Waals surface area contributed by atoms with Gasteiger partial charge in [0.1, 0.15) is 0 Å². The molecule has 156 valence electrons. The number of nitrogens with one attached hydrogen (secondary N) is 1. The Kier molecular flexibility index (Phi) is 7.02. The summed E-state index contributed by atoms with van der Waals surface area (Å²) in [6.45, 7) is 0. The van der Waals surface area contributed by atoms with E-state index in [2.05, 4.69) is 27.6 Å². The van der Waals surface area contributed by atoms with Crippen molar-refractivity contribution in [3.8, 4) is 11.5 Å². The second kappa shape index (κ2) is 10.3. The molecule has 0 radical (unpaired) electrons.